The van der Waals surface area contributed by atoms with Gasteiger partial charge in [0, 0.05) is 24.2 Å². The fourth-order valence-electron chi connectivity index (χ4n) is 3.90. The summed E-state index contributed by atoms with van der Waals surface area (Å²) in [4.78, 5) is 19.0. The minimum absolute atomic E-state index is 0.0733. The molecule has 0 saturated carbocycles. The molecule has 7 heteroatoms. The molecule has 30 heavy (non-hydrogen) atoms. The Morgan fingerprint density at radius 3 is 2.77 bits per heavy atom. The number of rotatable bonds is 6. The third kappa shape index (κ3) is 3.51. The Balaban J connectivity index is 1.30. The molecule has 0 bridgehead atoms. The summed E-state index contributed by atoms with van der Waals surface area (Å²) < 4.78 is 16.3. The molecule has 7 nitrogen and oxygen atoms in total. The van der Waals surface area contributed by atoms with Crippen LogP contribution in [0.5, 0.6) is 11.5 Å². The van der Waals surface area contributed by atoms with Gasteiger partial charge >= 0.3 is 0 Å². The third-order valence-corrected chi connectivity index (χ3v) is 5.61. The van der Waals surface area contributed by atoms with Gasteiger partial charge in [0.25, 0.3) is 0 Å². The lowest BCUT2D eigenvalue weighted by Gasteiger charge is -2.16. The van der Waals surface area contributed by atoms with E-state index in [1.165, 1.54) is 18.4 Å². The normalized spacial score (nSPS) is 17.7. The Morgan fingerprint density at radius 1 is 1.10 bits per heavy atom. The molecular formula is C23H23N3O4. The second-order valence-electron chi connectivity index (χ2n) is 7.70. The van der Waals surface area contributed by atoms with Gasteiger partial charge < -0.3 is 18.9 Å². The molecule has 0 spiro atoms. The SMILES string of the molecule is CCCCc1ccc(N2CC(c3nc(-c4ccc5c(c4)OCO5)no3)CC2=O)cc1. The van der Waals surface area contributed by atoms with E-state index in [1.807, 2.05) is 30.3 Å². The van der Waals surface area contributed by atoms with Gasteiger partial charge in [-0.15, -0.1) is 0 Å². The van der Waals surface area contributed by atoms with Gasteiger partial charge in [-0.1, -0.05) is 30.6 Å². The zero-order chi connectivity index (χ0) is 20.5. The van der Waals surface area contributed by atoms with E-state index in [1.54, 1.807) is 4.90 Å². The Kier molecular flexibility index (Phi) is 4.86. The van der Waals surface area contributed by atoms with Gasteiger partial charge in [-0.25, -0.2) is 0 Å². The van der Waals surface area contributed by atoms with Gasteiger partial charge in [0.2, 0.25) is 24.4 Å². The Hall–Kier alpha value is -3.35. The van der Waals surface area contributed by atoms with E-state index in [4.69, 9.17) is 14.0 Å². The molecule has 3 aromatic rings. The van der Waals surface area contributed by atoms with Crippen LogP contribution < -0.4 is 14.4 Å². The van der Waals surface area contributed by atoms with Crippen LogP contribution in [0.2, 0.25) is 0 Å². The van der Waals surface area contributed by atoms with Gasteiger partial charge in [-0.05, 0) is 48.7 Å². The lowest BCUT2D eigenvalue weighted by atomic mass is 10.1. The summed E-state index contributed by atoms with van der Waals surface area (Å²) in [5.41, 5.74) is 3.01. The molecule has 0 radical (unpaired) electrons. The number of carbonyl (C=O) groups is 1. The van der Waals surface area contributed by atoms with E-state index in [-0.39, 0.29) is 18.6 Å². The lowest BCUT2D eigenvalue weighted by molar-refractivity contribution is -0.117. The van der Waals surface area contributed by atoms with E-state index in [2.05, 4.69) is 29.2 Å². The molecule has 1 aromatic heterocycles. The highest BCUT2D eigenvalue weighted by molar-refractivity contribution is 5.96. The van der Waals surface area contributed by atoms with Crippen molar-refractivity contribution in [2.24, 2.45) is 0 Å². The largest absolute Gasteiger partial charge is 0.454 e. The van der Waals surface area contributed by atoms with Crippen LogP contribution in [-0.2, 0) is 11.2 Å². The minimum Gasteiger partial charge on any atom is -0.454 e. The molecule has 1 fully saturated rings. The summed E-state index contributed by atoms with van der Waals surface area (Å²) in [6, 6.07) is 13.8. The van der Waals surface area contributed by atoms with Crippen molar-refractivity contribution in [2.75, 3.05) is 18.2 Å². The van der Waals surface area contributed by atoms with E-state index in [9.17, 15) is 4.79 Å². The number of anilines is 1. The molecule has 154 valence electrons. The summed E-state index contributed by atoms with van der Waals surface area (Å²) >= 11 is 0. The zero-order valence-electron chi connectivity index (χ0n) is 16.8. The van der Waals surface area contributed by atoms with Crippen LogP contribution >= 0.6 is 0 Å². The highest BCUT2D eigenvalue weighted by Gasteiger charge is 2.35. The molecule has 1 unspecified atom stereocenters. The Morgan fingerprint density at radius 2 is 1.93 bits per heavy atom. The first-order valence-electron chi connectivity index (χ1n) is 10.3. The van der Waals surface area contributed by atoms with Gasteiger partial charge in [0.05, 0.1) is 5.92 Å². The fraction of sp³-hybridized carbons (Fsp3) is 0.348. The quantitative estimate of drug-likeness (QED) is 0.608. The van der Waals surface area contributed by atoms with Gasteiger partial charge in [-0.2, -0.15) is 4.98 Å². The van der Waals surface area contributed by atoms with Crippen molar-refractivity contribution in [3.8, 4) is 22.9 Å². The number of carbonyl (C=O) groups excluding carboxylic acids is 1. The lowest BCUT2D eigenvalue weighted by Crippen LogP contribution is -2.24. The van der Waals surface area contributed by atoms with Crippen molar-refractivity contribution in [3.05, 3.63) is 53.9 Å². The molecule has 1 saturated heterocycles. The number of hydrogen-bond donors (Lipinski definition) is 0. The number of nitrogens with zero attached hydrogens (tertiary/aromatic N) is 3. The summed E-state index contributed by atoms with van der Waals surface area (Å²) in [7, 11) is 0. The van der Waals surface area contributed by atoms with Crippen LogP contribution in [0.15, 0.2) is 47.0 Å². The van der Waals surface area contributed by atoms with Crippen LogP contribution in [0.3, 0.4) is 0 Å². The Labute approximate surface area is 174 Å². The van der Waals surface area contributed by atoms with Gasteiger partial charge in [0.15, 0.2) is 11.5 Å². The second-order valence-corrected chi connectivity index (χ2v) is 7.70. The topological polar surface area (TPSA) is 77.7 Å². The molecule has 5 rings (SSSR count). The molecule has 2 aromatic carbocycles. The first kappa shape index (κ1) is 18.7. The number of fused-ring (bicyclic) bond motifs is 1. The van der Waals surface area contributed by atoms with Crippen molar-refractivity contribution < 1.29 is 18.8 Å². The number of unbranched alkanes of at least 4 members (excludes halogenated alkanes) is 1. The smallest absolute Gasteiger partial charge is 0.232 e. The monoisotopic (exact) mass is 405 g/mol. The summed E-state index contributed by atoms with van der Waals surface area (Å²) in [5, 5.41) is 4.11. The van der Waals surface area contributed by atoms with Crippen LogP contribution in [-0.4, -0.2) is 29.4 Å². The molecule has 1 amide bonds. The van der Waals surface area contributed by atoms with E-state index in [0.29, 0.717) is 36.2 Å². The third-order valence-electron chi connectivity index (χ3n) is 5.61. The van der Waals surface area contributed by atoms with Crippen LogP contribution in [0.1, 0.15) is 43.6 Å². The number of aromatic nitrogens is 2. The van der Waals surface area contributed by atoms with Gasteiger partial charge in [-0.3, -0.25) is 4.79 Å². The van der Waals surface area contributed by atoms with E-state index >= 15 is 0 Å². The average Bonchev–Trinajstić information content (AvgIpc) is 3.51. The molecule has 0 aliphatic carbocycles. The highest BCUT2D eigenvalue weighted by Crippen LogP contribution is 2.36. The summed E-state index contributed by atoms with van der Waals surface area (Å²) in [5.74, 6) is 2.30. The van der Waals surface area contributed by atoms with Gasteiger partial charge in [0.1, 0.15) is 0 Å². The highest BCUT2D eigenvalue weighted by atomic mass is 16.7. The first-order valence-corrected chi connectivity index (χ1v) is 10.3. The maximum absolute atomic E-state index is 12.6. The molecule has 3 heterocycles. The number of amides is 1. The summed E-state index contributed by atoms with van der Waals surface area (Å²) in [6.07, 6.45) is 3.78. The minimum atomic E-state index is -0.118. The zero-order valence-corrected chi connectivity index (χ0v) is 16.8. The molecule has 1 atom stereocenters. The predicted octanol–water partition coefficient (Wildman–Crippen LogP) is 4.33. The van der Waals surface area contributed by atoms with E-state index in [0.717, 1.165) is 17.7 Å². The fourth-order valence-corrected chi connectivity index (χ4v) is 3.90. The summed E-state index contributed by atoms with van der Waals surface area (Å²) in [6.45, 7) is 2.94. The molecule has 2 aliphatic rings. The Bertz CT molecular complexity index is 1060. The maximum Gasteiger partial charge on any atom is 0.232 e. The number of hydrogen-bond acceptors (Lipinski definition) is 6. The van der Waals surface area contributed by atoms with E-state index < -0.39 is 0 Å². The van der Waals surface area contributed by atoms with Crippen molar-refractivity contribution in [2.45, 2.75) is 38.5 Å². The van der Waals surface area contributed by atoms with Crippen LogP contribution in [0.4, 0.5) is 5.69 Å². The molecule has 0 N–H and O–H groups in total. The second kappa shape index (κ2) is 7.82. The maximum atomic E-state index is 12.6. The predicted molar refractivity (Wildman–Crippen MR) is 111 cm³/mol. The average molecular weight is 405 g/mol. The molecular weight excluding hydrogens is 382 g/mol. The van der Waals surface area contributed by atoms with Crippen molar-refractivity contribution in [1.29, 1.82) is 0 Å². The van der Waals surface area contributed by atoms with Crippen LogP contribution in [0, 0.1) is 0 Å². The number of aryl methyl sites for hydroxylation is 1. The van der Waals surface area contributed by atoms with Crippen molar-refractivity contribution in [1.82, 2.24) is 10.1 Å². The number of benzene rings is 2. The first-order chi connectivity index (χ1) is 14.7. The number of ether oxygens (including phenoxy) is 2. The molecule has 2 aliphatic heterocycles. The van der Waals surface area contributed by atoms with Crippen molar-refractivity contribution in [3.63, 3.8) is 0 Å². The standard InChI is InChI=1S/C23H23N3O4/c1-2-3-4-15-5-8-18(9-6-15)26-13-17(12-21(26)27)23-24-22(25-30-23)16-7-10-19-20(11-16)29-14-28-19/h5-11,17H,2-4,12-14H2,1H3. The van der Waals surface area contributed by atoms with Crippen LogP contribution in [0.25, 0.3) is 11.4 Å². The van der Waals surface area contributed by atoms with Crippen molar-refractivity contribution >= 4 is 11.6 Å².